The molecule has 0 saturated heterocycles. The number of benzene rings is 1. The molecule has 25 heavy (non-hydrogen) atoms. The Bertz CT molecular complexity index is 624. The van der Waals surface area contributed by atoms with Gasteiger partial charge < -0.3 is 0 Å². The summed E-state index contributed by atoms with van der Waals surface area (Å²) in [6, 6.07) is 12.5. The van der Waals surface area contributed by atoms with Gasteiger partial charge in [-0.05, 0) is 73.1 Å². The van der Waals surface area contributed by atoms with Crippen molar-refractivity contribution in [3.05, 3.63) is 65.2 Å². The minimum absolute atomic E-state index is 0.405. The topological polar surface area (TPSA) is 12.9 Å². The van der Waals surface area contributed by atoms with Gasteiger partial charge in [0, 0.05) is 6.20 Å². The summed E-state index contributed by atoms with van der Waals surface area (Å²) in [6.45, 7) is 2.29. The molecule has 1 aliphatic carbocycles. The number of unbranched alkanes of at least 4 members (excludes halogenated alkanes) is 1. The molecule has 0 N–H and O–H groups in total. The highest BCUT2D eigenvalue weighted by atomic mass is 19.1. The van der Waals surface area contributed by atoms with Gasteiger partial charge in [0.1, 0.15) is 0 Å². The van der Waals surface area contributed by atoms with Crippen molar-refractivity contribution < 1.29 is 4.39 Å². The smallest absolute Gasteiger partial charge is 0.212 e. The average Bonchev–Trinajstić information content (AvgIpc) is 2.67. The van der Waals surface area contributed by atoms with Crippen LogP contribution in [0, 0.1) is 11.9 Å². The first kappa shape index (κ1) is 18.1. The Hall–Kier alpha value is -1.70. The molecule has 2 heteroatoms. The number of aryl methyl sites for hydroxylation is 2. The number of rotatable bonds is 7. The maximum Gasteiger partial charge on any atom is 0.212 e. The Balaban J connectivity index is 1.48. The van der Waals surface area contributed by atoms with E-state index in [4.69, 9.17) is 0 Å². The molecule has 0 bridgehead atoms. The van der Waals surface area contributed by atoms with Crippen LogP contribution in [0.5, 0.6) is 0 Å². The van der Waals surface area contributed by atoms with E-state index in [1.165, 1.54) is 62.1 Å². The third kappa shape index (κ3) is 5.39. The van der Waals surface area contributed by atoms with Crippen molar-refractivity contribution in [1.29, 1.82) is 0 Å². The molecule has 1 aromatic carbocycles. The highest BCUT2D eigenvalue weighted by Crippen LogP contribution is 2.37. The summed E-state index contributed by atoms with van der Waals surface area (Å²) < 4.78 is 12.8. The minimum atomic E-state index is -0.405. The zero-order valence-corrected chi connectivity index (χ0v) is 15.4. The number of aromatic nitrogens is 1. The molecular weight excluding hydrogens is 309 g/mol. The summed E-state index contributed by atoms with van der Waals surface area (Å²) in [5.74, 6) is 1.32. The third-order valence-corrected chi connectivity index (χ3v) is 5.75. The largest absolute Gasteiger partial charge is 0.228 e. The van der Waals surface area contributed by atoms with Crippen LogP contribution < -0.4 is 0 Å². The maximum atomic E-state index is 12.8. The molecule has 0 spiro atoms. The number of halogens is 1. The average molecular weight is 339 g/mol. The number of hydrogen-bond donors (Lipinski definition) is 0. The Labute approximate surface area is 151 Å². The first-order chi connectivity index (χ1) is 12.2. The zero-order chi connectivity index (χ0) is 17.5. The van der Waals surface area contributed by atoms with Gasteiger partial charge in [-0.1, -0.05) is 56.5 Å². The standard InChI is InChI=1S/C23H30FN/c1-2-3-4-18-7-12-21(13-8-18)22-14-9-19(10-15-22)5-6-20-11-16-23(24)25-17-20/h9-11,14-18,21H,2-8,12-13H2,1H3/t18-,21-. The van der Waals surface area contributed by atoms with Crippen LogP contribution in [0.25, 0.3) is 0 Å². The van der Waals surface area contributed by atoms with E-state index in [-0.39, 0.29) is 0 Å². The quantitative estimate of drug-likeness (QED) is 0.527. The summed E-state index contributed by atoms with van der Waals surface area (Å²) in [5, 5.41) is 0. The predicted molar refractivity (Wildman–Crippen MR) is 102 cm³/mol. The molecule has 1 saturated carbocycles. The van der Waals surface area contributed by atoms with Gasteiger partial charge in [0.2, 0.25) is 5.95 Å². The lowest BCUT2D eigenvalue weighted by Gasteiger charge is -2.29. The number of nitrogens with zero attached hydrogens (tertiary/aromatic N) is 1. The monoisotopic (exact) mass is 339 g/mol. The molecule has 2 aromatic rings. The van der Waals surface area contributed by atoms with E-state index in [1.807, 2.05) is 6.07 Å². The van der Waals surface area contributed by atoms with Gasteiger partial charge in [-0.2, -0.15) is 4.39 Å². The second-order valence-electron chi connectivity index (χ2n) is 7.59. The number of pyridine rings is 1. The van der Waals surface area contributed by atoms with E-state index >= 15 is 0 Å². The molecule has 1 aromatic heterocycles. The molecular formula is C23H30FN. The van der Waals surface area contributed by atoms with Crippen LogP contribution in [0.1, 0.15) is 74.5 Å². The summed E-state index contributed by atoms with van der Waals surface area (Å²) in [7, 11) is 0. The summed E-state index contributed by atoms with van der Waals surface area (Å²) in [4.78, 5) is 3.72. The van der Waals surface area contributed by atoms with Crippen LogP contribution in [-0.4, -0.2) is 4.98 Å². The van der Waals surface area contributed by atoms with Gasteiger partial charge in [-0.25, -0.2) is 4.98 Å². The van der Waals surface area contributed by atoms with Crippen molar-refractivity contribution in [3.8, 4) is 0 Å². The van der Waals surface area contributed by atoms with E-state index in [2.05, 4.69) is 36.2 Å². The van der Waals surface area contributed by atoms with Crippen LogP contribution in [0.15, 0.2) is 42.6 Å². The molecule has 1 nitrogen and oxygen atoms in total. The van der Waals surface area contributed by atoms with Crippen LogP contribution in [0.2, 0.25) is 0 Å². The molecule has 0 radical (unpaired) electrons. The van der Waals surface area contributed by atoms with Gasteiger partial charge >= 0.3 is 0 Å². The zero-order valence-electron chi connectivity index (χ0n) is 15.4. The second kappa shape index (κ2) is 9.12. The molecule has 0 unspecified atom stereocenters. The highest BCUT2D eigenvalue weighted by Gasteiger charge is 2.21. The van der Waals surface area contributed by atoms with E-state index in [1.54, 1.807) is 6.20 Å². The predicted octanol–water partition coefficient (Wildman–Crippen LogP) is 6.47. The van der Waals surface area contributed by atoms with E-state index in [0.717, 1.165) is 30.2 Å². The summed E-state index contributed by atoms with van der Waals surface area (Å²) in [5.41, 5.74) is 3.96. The van der Waals surface area contributed by atoms with Crippen LogP contribution >= 0.6 is 0 Å². The molecule has 0 atom stereocenters. The van der Waals surface area contributed by atoms with Crippen molar-refractivity contribution in [2.45, 2.75) is 70.6 Å². The Morgan fingerprint density at radius 2 is 1.60 bits per heavy atom. The fourth-order valence-corrected chi connectivity index (χ4v) is 4.08. The van der Waals surface area contributed by atoms with Gasteiger partial charge in [0.15, 0.2) is 0 Å². The molecule has 3 rings (SSSR count). The molecule has 0 amide bonds. The molecule has 1 aliphatic rings. The van der Waals surface area contributed by atoms with Gasteiger partial charge in [0.25, 0.3) is 0 Å². The van der Waals surface area contributed by atoms with E-state index in [0.29, 0.717) is 0 Å². The summed E-state index contributed by atoms with van der Waals surface area (Å²) in [6.07, 6.45) is 13.2. The van der Waals surface area contributed by atoms with Crippen molar-refractivity contribution in [3.63, 3.8) is 0 Å². The van der Waals surface area contributed by atoms with Crippen molar-refractivity contribution in [2.75, 3.05) is 0 Å². The van der Waals surface area contributed by atoms with Crippen LogP contribution in [-0.2, 0) is 12.8 Å². The molecule has 134 valence electrons. The first-order valence-electron chi connectivity index (χ1n) is 9.94. The van der Waals surface area contributed by atoms with Crippen molar-refractivity contribution in [1.82, 2.24) is 4.98 Å². The van der Waals surface area contributed by atoms with Gasteiger partial charge in [-0.3, -0.25) is 0 Å². The lowest BCUT2D eigenvalue weighted by Crippen LogP contribution is -2.13. The maximum absolute atomic E-state index is 12.8. The highest BCUT2D eigenvalue weighted by molar-refractivity contribution is 5.26. The van der Waals surface area contributed by atoms with Crippen molar-refractivity contribution >= 4 is 0 Å². The SMILES string of the molecule is CCCC[C@H]1CC[C@H](c2ccc(CCc3ccc(F)nc3)cc2)CC1. The van der Waals surface area contributed by atoms with Crippen LogP contribution in [0.4, 0.5) is 4.39 Å². The number of hydrogen-bond acceptors (Lipinski definition) is 1. The Morgan fingerprint density at radius 3 is 2.24 bits per heavy atom. The van der Waals surface area contributed by atoms with E-state index in [9.17, 15) is 4.39 Å². The Morgan fingerprint density at radius 1 is 0.920 bits per heavy atom. The lowest BCUT2D eigenvalue weighted by atomic mass is 9.77. The van der Waals surface area contributed by atoms with Gasteiger partial charge in [-0.15, -0.1) is 0 Å². The molecule has 0 aliphatic heterocycles. The first-order valence-corrected chi connectivity index (χ1v) is 9.94. The van der Waals surface area contributed by atoms with Crippen LogP contribution in [0.3, 0.4) is 0 Å². The minimum Gasteiger partial charge on any atom is -0.228 e. The third-order valence-electron chi connectivity index (χ3n) is 5.75. The summed E-state index contributed by atoms with van der Waals surface area (Å²) >= 11 is 0. The molecule has 1 fully saturated rings. The van der Waals surface area contributed by atoms with Gasteiger partial charge in [0.05, 0.1) is 0 Å². The molecule has 1 heterocycles. The van der Waals surface area contributed by atoms with Crippen molar-refractivity contribution in [2.24, 2.45) is 5.92 Å². The second-order valence-corrected chi connectivity index (χ2v) is 7.59. The normalized spacial score (nSPS) is 20.6. The van der Waals surface area contributed by atoms with E-state index < -0.39 is 5.95 Å². The fourth-order valence-electron chi connectivity index (χ4n) is 4.08. The fraction of sp³-hybridized carbons (Fsp3) is 0.522. The lowest BCUT2D eigenvalue weighted by molar-refractivity contribution is 0.304. The Kier molecular flexibility index (Phi) is 6.61.